The lowest BCUT2D eigenvalue weighted by atomic mass is 10.2. The summed E-state index contributed by atoms with van der Waals surface area (Å²) in [6.45, 7) is 6.21. The molecule has 0 atom stereocenters. The van der Waals surface area contributed by atoms with E-state index < -0.39 is 0 Å². The first-order valence-electron chi connectivity index (χ1n) is 9.35. The maximum Gasteiger partial charge on any atom is 0.251 e. The van der Waals surface area contributed by atoms with E-state index in [1.165, 1.54) is 0 Å². The summed E-state index contributed by atoms with van der Waals surface area (Å²) >= 11 is 0. The summed E-state index contributed by atoms with van der Waals surface area (Å²) in [5, 5.41) is 8.59. The van der Waals surface area contributed by atoms with Gasteiger partial charge in [-0.3, -0.25) is 9.59 Å². The Bertz CT molecular complexity index is 745. The highest BCUT2D eigenvalue weighted by Crippen LogP contribution is 2.16. The summed E-state index contributed by atoms with van der Waals surface area (Å²) in [5.74, 6) is 0.443. The maximum absolute atomic E-state index is 12.1. The van der Waals surface area contributed by atoms with Crippen molar-refractivity contribution in [2.45, 2.75) is 13.8 Å². The van der Waals surface area contributed by atoms with Gasteiger partial charge in [0.15, 0.2) is 0 Å². The molecule has 3 N–H and O–H groups in total. The molecule has 0 heterocycles. The average molecular weight is 385 g/mol. The van der Waals surface area contributed by atoms with Crippen molar-refractivity contribution in [3.05, 3.63) is 54.1 Å². The first kappa shape index (κ1) is 21.2. The van der Waals surface area contributed by atoms with Crippen LogP contribution in [0.15, 0.2) is 48.5 Å². The molecule has 0 fully saturated rings. The Morgan fingerprint density at radius 3 is 2.21 bits per heavy atom. The second-order valence-electron chi connectivity index (χ2n) is 5.91. The molecule has 0 spiro atoms. The third kappa shape index (κ3) is 7.28. The second-order valence-corrected chi connectivity index (χ2v) is 5.91. The first-order valence-corrected chi connectivity index (χ1v) is 9.35. The van der Waals surface area contributed by atoms with Gasteiger partial charge >= 0.3 is 0 Å². The Morgan fingerprint density at radius 2 is 1.57 bits per heavy atom. The third-order valence-electron chi connectivity index (χ3n) is 3.78. The van der Waals surface area contributed by atoms with Gasteiger partial charge in [-0.05, 0) is 62.4 Å². The van der Waals surface area contributed by atoms with Gasteiger partial charge in [-0.2, -0.15) is 0 Å². The average Bonchev–Trinajstić information content (AvgIpc) is 2.71. The van der Waals surface area contributed by atoms with Crippen LogP contribution in [0.4, 0.5) is 11.4 Å². The fraction of sp³-hybridized carbons (Fsp3) is 0.333. The number of nitrogens with one attached hydrogen (secondary N) is 3. The standard InChI is InChI=1S/C21H27N3O4/c1-3-22-21(26)16-5-7-17(8-6-16)23-15-20(25)24-18-9-11-19(12-10-18)28-14-13-27-4-2/h5-12,23H,3-4,13-15H2,1-2H3,(H,22,26)(H,24,25). The van der Waals surface area contributed by atoms with Crippen molar-refractivity contribution in [3.63, 3.8) is 0 Å². The van der Waals surface area contributed by atoms with Crippen LogP contribution < -0.4 is 20.7 Å². The van der Waals surface area contributed by atoms with E-state index in [0.29, 0.717) is 37.6 Å². The predicted octanol–water partition coefficient (Wildman–Crippen LogP) is 2.90. The molecule has 2 rings (SSSR count). The molecule has 0 aromatic heterocycles. The van der Waals surface area contributed by atoms with E-state index in [-0.39, 0.29) is 18.4 Å². The minimum atomic E-state index is -0.169. The summed E-state index contributed by atoms with van der Waals surface area (Å²) in [4.78, 5) is 23.8. The zero-order chi connectivity index (χ0) is 20.2. The molecule has 2 amide bonds. The molecule has 0 bridgehead atoms. The van der Waals surface area contributed by atoms with Crippen LogP contribution in [0, 0.1) is 0 Å². The quantitative estimate of drug-likeness (QED) is 0.518. The van der Waals surface area contributed by atoms with Gasteiger partial charge in [0.1, 0.15) is 12.4 Å². The molecular formula is C21H27N3O4. The van der Waals surface area contributed by atoms with Crippen LogP contribution in [0.2, 0.25) is 0 Å². The predicted molar refractivity (Wildman–Crippen MR) is 110 cm³/mol. The Labute approximate surface area is 165 Å². The Kier molecular flexibility index (Phi) is 8.81. The van der Waals surface area contributed by atoms with Gasteiger partial charge in [-0.15, -0.1) is 0 Å². The smallest absolute Gasteiger partial charge is 0.251 e. The highest BCUT2D eigenvalue weighted by atomic mass is 16.5. The van der Waals surface area contributed by atoms with E-state index in [9.17, 15) is 9.59 Å². The van der Waals surface area contributed by atoms with Gasteiger partial charge in [0.2, 0.25) is 5.91 Å². The number of carbonyl (C=O) groups excluding carboxylic acids is 2. The number of amides is 2. The van der Waals surface area contributed by atoms with E-state index in [1.807, 2.05) is 13.8 Å². The van der Waals surface area contributed by atoms with Crippen molar-refractivity contribution in [3.8, 4) is 5.75 Å². The summed E-state index contributed by atoms with van der Waals surface area (Å²) in [6, 6.07) is 14.2. The topological polar surface area (TPSA) is 88.7 Å². The van der Waals surface area contributed by atoms with Crippen LogP contribution in [0.1, 0.15) is 24.2 Å². The van der Waals surface area contributed by atoms with Crippen LogP contribution in [-0.2, 0) is 9.53 Å². The summed E-state index contributed by atoms with van der Waals surface area (Å²) in [5.41, 5.74) is 2.04. The van der Waals surface area contributed by atoms with E-state index in [4.69, 9.17) is 9.47 Å². The van der Waals surface area contributed by atoms with Gasteiger partial charge in [-0.25, -0.2) is 0 Å². The summed E-state index contributed by atoms with van der Waals surface area (Å²) in [7, 11) is 0. The van der Waals surface area contributed by atoms with Gasteiger partial charge in [0.25, 0.3) is 5.91 Å². The van der Waals surface area contributed by atoms with E-state index in [1.54, 1.807) is 48.5 Å². The van der Waals surface area contributed by atoms with Crippen LogP contribution >= 0.6 is 0 Å². The number of hydrogen-bond acceptors (Lipinski definition) is 5. The SMILES string of the molecule is CCNC(=O)c1ccc(NCC(=O)Nc2ccc(OCCOCC)cc2)cc1. The highest BCUT2D eigenvalue weighted by molar-refractivity contribution is 5.95. The Balaban J connectivity index is 1.75. The minimum absolute atomic E-state index is 0.114. The van der Waals surface area contributed by atoms with Crippen molar-refractivity contribution in [2.75, 3.05) is 43.5 Å². The number of rotatable bonds is 11. The van der Waals surface area contributed by atoms with Crippen LogP contribution in [0.3, 0.4) is 0 Å². The fourth-order valence-electron chi connectivity index (χ4n) is 2.39. The molecule has 7 nitrogen and oxygen atoms in total. The van der Waals surface area contributed by atoms with Crippen LogP contribution in [-0.4, -0.2) is 44.7 Å². The number of hydrogen-bond donors (Lipinski definition) is 3. The Hall–Kier alpha value is -3.06. The van der Waals surface area contributed by atoms with Crippen molar-refractivity contribution >= 4 is 23.2 Å². The van der Waals surface area contributed by atoms with Crippen molar-refractivity contribution in [1.29, 1.82) is 0 Å². The molecule has 7 heteroatoms. The molecule has 0 saturated heterocycles. The number of ether oxygens (including phenoxy) is 2. The van der Waals surface area contributed by atoms with Crippen LogP contribution in [0.25, 0.3) is 0 Å². The highest BCUT2D eigenvalue weighted by Gasteiger charge is 2.05. The molecule has 0 radical (unpaired) electrons. The lowest BCUT2D eigenvalue weighted by Gasteiger charge is -2.10. The van der Waals surface area contributed by atoms with E-state index in [0.717, 1.165) is 11.4 Å². The fourth-order valence-corrected chi connectivity index (χ4v) is 2.39. The first-order chi connectivity index (χ1) is 13.6. The molecule has 0 unspecified atom stereocenters. The lowest BCUT2D eigenvalue weighted by Crippen LogP contribution is -2.23. The summed E-state index contributed by atoms with van der Waals surface area (Å²) in [6.07, 6.45) is 0. The van der Waals surface area contributed by atoms with Crippen LogP contribution in [0.5, 0.6) is 5.75 Å². The molecule has 2 aromatic carbocycles. The molecule has 0 aliphatic heterocycles. The second kappa shape index (κ2) is 11.6. The zero-order valence-electron chi connectivity index (χ0n) is 16.3. The molecule has 0 saturated carbocycles. The molecule has 2 aromatic rings. The van der Waals surface area contributed by atoms with Crippen molar-refractivity contribution < 1.29 is 19.1 Å². The normalized spacial score (nSPS) is 10.2. The minimum Gasteiger partial charge on any atom is -0.491 e. The Morgan fingerprint density at radius 1 is 0.893 bits per heavy atom. The third-order valence-corrected chi connectivity index (χ3v) is 3.78. The van der Waals surface area contributed by atoms with E-state index >= 15 is 0 Å². The van der Waals surface area contributed by atoms with Gasteiger partial charge < -0.3 is 25.4 Å². The molecule has 150 valence electrons. The van der Waals surface area contributed by atoms with E-state index in [2.05, 4.69) is 16.0 Å². The maximum atomic E-state index is 12.1. The molecule has 0 aliphatic rings. The number of carbonyl (C=O) groups is 2. The van der Waals surface area contributed by atoms with Gasteiger partial charge in [0, 0.05) is 30.1 Å². The molecular weight excluding hydrogens is 358 g/mol. The van der Waals surface area contributed by atoms with Gasteiger partial charge in [0.05, 0.1) is 13.2 Å². The molecule has 0 aliphatic carbocycles. The summed E-state index contributed by atoms with van der Waals surface area (Å²) < 4.78 is 10.8. The number of anilines is 2. The largest absolute Gasteiger partial charge is 0.491 e. The van der Waals surface area contributed by atoms with Gasteiger partial charge in [-0.1, -0.05) is 0 Å². The lowest BCUT2D eigenvalue weighted by molar-refractivity contribution is -0.114. The zero-order valence-corrected chi connectivity index (χ0v) is 16.3. The molecule has 28 heavy (non-hydrogen) atoms. The monoisotopic (exact) mass is 385 g/mol. The number of benzene rings is 2. The van der Waals surface area contributed by atoms with Crippen molar-refractivity contribution in [1.82, 2.24) is 5.32 Å². The van der Waals surface area contributed by atoms with Crippen molar-refractivity contribution in [2.24, 2.45) is 0 Å².